The minimum absolute atomic E-state index is 0.0939. The monoisotopic (exact) mass is 291 g/mol. The van der Waals surface area contributed by atoms with E-state index in [1.807, 2.05) is 6.07 Å². The molecule has 3 rings (SSSR count). The predicted molar refractivity (Wildman–Crippen MR) is 78.4 cm³/mol. The minimum atomic E-state index is -0.410. The molecule has 1 N–H and O–H groups in total. The molecule has 0 amide bonds. The van der Waals surface area contributed by atoms with Crippen molar-refractivity contribution in [2.24, 2.45) is 5.41 Å². The van der Waals surface area contributed by atoms with Crippen LogP contribution in [0.1, 0.15) is 47.5 Å². The molecule has 1 aliphatic rings. The summed E-state index contributed by atoms with van der Waals surface area (Å²) in [6.45, 7) is 4.31. The van der Waals surface area contributed by atoms with Crippen LogP contribution in [0.2, 0.25) is 0 Å². The Bertz CT molecular complexity index is 635. The summed E-state index contributed by atoms with van der Waals surface area (Å²) in [6, 6.07) is 6.61. The lowest BCUT2D eigenvalue weighted by Gasteiger charge is -2.31. The van der Waals surface area contributed by atoms with Crippen LogP contribution in [0.3, 0.4) is 0 Å². The van der Waals surface area contributed by atoms with Gasteiger partial charge >= 0.3 is 0 Å². The third kappa shape index (κ3) is 2.76. The Hall–Kier alpha value is -1.26. The van der Waals surface area contributed by atoms with E-state index < -0.39 is 6.10 Å². The number of nitrogens with zero attached hydrogens (tertiary/aromatic N) is 1. The van der Waals surface area contributed by atoms with E-state index in [1.54, 1.807) is 23.5 Å². The van der Waals surface area contributed by atoms with Gasteiger partial charge in [-0.15, -0.1) is 11.3 Å². The molecule has 0 spiro atoms. The van der Waals surface area contributed by atoms with Gasteiger partial charge in [-0.05, 0) is 36.0 Å². The predicted octanol–water partition coefficient (Wildman–Crippen LogP) is 3.88. The van der Waals surface area contributed by atoms with E-state index in [1.165, 1.54) is 6.07 Å². The van der Waals surface area contributed by atoms with Crippen LogP contribution in [0.25, 0.3) is 0 Å². The third-order valence-electron chi connectivity index (χ3n) is 3.71. The number of aliphatic hydroxyl groups is 1. The van der Waals surface area contributed by atoms with Gasteiger partial charge in [-0.2, -0.15) is 0 Å². The summed E-state index contributed by atoms with van der Waals surface area (Å²) >= 11 is 1.56. The molecule has 2 aromatic rings. The lowest BCUT2D eigenvalue weighted by atomic mass is 9.77. The van der Waals surface area contributed by atoms with E-state index in [0.717, 1.165) is 34.0 Å². The van der Waals surface area contributed by atoms with Gasteiger partial charge in [0.2, 0.25) is 0 Å². The number of hydrogen-bond acceptors (Lipinski definition) is 3. The first kappa shape index (κ1) is 13.7. The zero-order chi connectivity index (χ0) is 14.3. The summed E-state index contributed by atoms with van der Waals surface area (Å²) < 4.78 is 13.2. The number of aromatic nitrogens is 1. The molecule has 1 atom stereocenters. The molecule has 2 nitrogen and oxygen atoms in total. The zero-order valence-corrected chi connectivity index (χ0v) is 12.5. The average molecular weight is 291 g/mol. The van der Waals surface area contributed by atoms with Crippen molar-refractivity contribution in [1.82, 2.24) is 4.98 Å². The highest BCUT2D eigenvalue weighted by Gasteiger charge is 2.33. The van der Waals surface area contributed by atoms with Crippen molar-refractivity contribution in [3.63, 3.8) is 0 Å². The fourth-order valence-corrected chi connectivity index (χ4v) is 3.94. The van der Waals surface area contributed by atoms with Crippen LogP contribution in [0.15, 0.2) is 24.3 Å². The van der Waals surface area contributed by atoms with Gasteiger partial charge in [0.15, 0.2) is 0 Å². The Balaban J connectivity index is 1.87. The van der Waals surface area contributed by atoms with Crippen LogP contribution in [-0.4, -0.2) is 10.1 Å². The number of fused-ring (bicyclic) bond motifs is 1. The number of hydrogen-bond donors (Lipinski definition) is 1. The first-order valence-corrected chi connectivity index (χ1v) is 7.66. The molecule has 1 aliphatic carbocycles. The van der Waals surface area contributed by atoms with Gasteiger partial charge in [-0.3, -0.25) is 0 Å². The second kappa shape index (κ2) is 4.93. The summed E-state index contributed by atoms with van der Waals surface area (Å²) in [4.78, 5) is 5.65. The summed E-state index contributed by atoms with van der Waals surface area (Å²) in [7, 11) is 0. The highest BCUT2D eigenvalue weighted by atomic mass is 32.1. The standard InChI is InChI=1S/C16H18FNOS/c1-16(2)8-12-15(13(19)9-16)20-14(18-12)7-10-4-3-5-11(17)6-10/h3-6,13,19H,7-9H2,1-2H3. The van der Waals surface area contributed by atoms with Gasteiger partial charge in [0.25, 0.3) is 0 Å². The van der Waals surface area contributed by atoms with E-state index in [2.05, 4.69) is 18.8 Å². The molecule has 0 saturated carbocycles. The molecular weight excluding hydrogens is 273 g/mol. The molecule has 0 radical (unpaired) electrons. The lowest BCUT2D eigenvalue weighted by molar-refractivity contribution is 0.102. The highest BCUT2D eigenvalue weighted by molar-refractivity contribution is 7.11. The van der Waals surface area contributed by atoms with Crippen molar-refractivity contribution >= 4 is 11.3 Å². The maximum Gasteiger partial charge on any atom is 0.123 e. The maximum absolute atomic E-state index is 13.2. The van der Waals surface area contributed by atoms with Crippen LogP contribution >= 0.6 is 11.3 Å². The van der Waals surface area contributed by atoms with Crippen molar-refractivity contribution in [3.8, 4) is 0 Å². The van der Waals surface area contributed by atoms with Gasteiger partial charge in [0, 0.05) is 6.42 Å². The fourth-order valence-electron chi connectivity index (χ4n) is 2.84. The zero-order valence-electron chi connectivity index (χ0n) is 11.7. The van der Waals surface area contributed by atoms with Gasteiger partial charge in [0.1, 0.15) is 5.82 Å². The number of thiazole rings is 1. The van der Waals surface area contributed by atoms with Gasteiger partial charge in [-0.1, -0.05) is 26.0 Å². The Morgan fingerprint density at radius 1 is 1.45 bits per heavy atom. The van der Waals surface area contributed by atoms with E-state index in [0.29, 0.717) is 6.42 Å². The molecular formula is C16H18FNOS. The second-order valence-corrected chi connectivity index (χ2v) is 7.40. The lowest BCUT2D eigenvalue weighted by Crippen LogP contribution is -2.24. The molecule has 4 heteroatoms. The molecule has 20 heavy (non-hydrogen) atoms. The molecule has 1 aromatic heterocycles. The first-order valence-electron chi connectivity index (χ1n) is 6.84. The second-order valence-electron chi connectivity index (χ2n) is 6.29. The van der Waals surface area contributed by atoms with E-state index in [9.17, 15) is 9.50 Å². The van der Waals surface area contributed by atoms with Crippen LogP contribution in [0, 0.1) is 11.2 Å². The summed E-state index contributed by atoms with van der Waals surface area (Å²) in [5, 5.41) is 11.2. The van der Waals surface area contributed by atoms with Gasteiger partial charge in [0.05, 0.1) is 21.7 Å². The fraction of sp³-hybridized carbons (Fsp3) is 0.438. The maximum atomic E-state index is 13.2. The van der Waals surface area contributed by atoms with Crippen molar-refractivity contribution in [1.29, 1.82) is 0 Å². The molecule has 0 bridgehead atoms. The Kier molecular flexibility index (Phi) is 3.38. The van der Waals surface area contributed by atoms with Crippen molar-refractivity contribution in [3.05, 3.63) is 51.2 Å². The van der Waals surface area contributed by atoms with E-state index >= 15 is 0 Å². The molecule has 1 unspecified atom stereocenters. The smallest absolute Gasteiger partial charge is 0.123 e. The van der Waals surface area contributed by atoms with Crippen LogP contribution in [0.4, 0.5) is 4.39 Å². The molecule has 1 aromatic carbocycles. The molecule has 0 aliphatic heterocycles. The average Bonchev–Trinajstić information content (AvgIpc) is 2.70. The van der Waals surface area contributed by atoms with Crippen molar-refractivity contribution < 1.29 is 9.50 Å². The van der Waals surface area contributed by atoms with Crippen LogP contribution in [0.5, 0.6) is 0 Å². The quantitative estimate of drug-likeness (QED) is 0.911. The molecule has 0 fully saturated rings. The third-order valence-corrected chi connectivity index (χ3v) is 4.91. The first-order chi connectivity index (χ1) is 9.43. The van der Waals surface area contributed by atoms with Crippen LogP contribution in [-0.2, 0) is 12.8 Å². The van der Waals surface area contributed by atoms with Crippen molar-refractivity contribution in [2.75, 3.05) is 0 Å². The Morgan fingerprint density at radius 3 is 3.00 bits per heavy atom. The summed E-state index contributed by atoms with van der Waals surface area (Å²) in [6.07, 6.45) is 1.90. The summed E-state index contributed by atoms with van der Waals surface area (Å²) in [5.74, 6) is -0.218. The number of aliphatic hydroxyl groups excluding tert-OH is 1. The minimum Gasteiger partial charge on any atom is -0.387 e. The normalized spacial score (nSPS) is 20.7. The largest absolute Gasteiger partial charge is 0.387 e. The molecule has 1 heterocycles. The number of benzene rings is 1. The van der Waals surface area contributed by atoms with Crippen molar-refractivity contribution in [2.45, 2.75) is 39.2 Å². The van der Waals surface area contributed by atoms with Gasteiger partial charge < -0.3 is 5.11 Å². The van der Waals surface area contributed by atoms with Crippen LogP contribution < -0.4 is 0 Å². The SMILES string of the molecule is CC1(C)Cc2nc(Cc3cccc(F)c3)sc2C(O)C1. The van der Waals surface area contributed by atoms with E-state index in [-0.39, 0.29) is 11.2 Å². The number of rotatable bonds is 2. The Morgan fingerprint density at radius 2 is 2.25 bits per heavy atom. The molecule has 0 saturated heterocycles. The number of halogens is 1. The topological polar surface area (TPSA) is 33.1 Å². The molecule has 106 valence electrons. The van der Waals surface area contributed by atoms with Gasteiger partial charge in [-0.25, -0.2) is 9.37 Å². The van der Waals surface area contributed by atoms with E-state index in [4.69, 9.17) is 0 Å². The summed E-state index contributed by atoms with van der Waals surface area (Å²) in [5.41, 5.74) is 2.03. The highest BCUT2D eigenvalue weighted by Crippen LogP contribution is 2.43. The Labute approximate surface area is 122 Å².